The van der Waals surface area contributed by atoms with Crippen LogP contribution >= 0.6 is 0 Å². The van der Waals surface area contributed by atoms with Gasteiger partial charge in [0.2, 0.25) is 0 Å². The van der Waals surface area contributed by atoms with Crippen LogP contribution in [0.15, 0.2) is 18.7 Å². The smallest absolute Gasteiger partial charge is 0.410 e. The van der Waals surface area contributed by atoms with Crippen molar-refractivity contribution in [1.29, 1.82) is 0 Å². The molecule has 0 aromatic carbocycles. The van der Waals surface area contributed by atoms with E-state index in [2.05, 4.69) is 10.3 Å². The fourth-order valence-electron chi connectivity index (χ4n) is 2.22. The number of amides is 2. The van der Waals surface area contributed by atoms with Crippen molar-refractivity contribution in [2.24, 2.45) is 0 Å². The number of ether oxygens (including phenoxy) is 1. The predicted octanol–water partition coefficient (Wildman–Crippen LogP) is 1.84. The molecule has 0 unspecified atom stereocenters. The Balaban J connectivity index is 1.89. The first-order valence-corrected chi connectivity index (χ1v) is 7.12. The summed E-state index contributed by atoms with van der Waals surface area (Å²) in [6, 6.07) is -0.301. The second kappa shape index (κ2) is 6.15. The summed E-state index contributed by atoms with van der Waals surface area (Å²) in [5.41, 5.74) is -0.510. The van der Waals surface area contributed by atoms with Crippen molar-refractivity contribution < 1.29 is 14.3 Å². The molecule has 21 heavy (non-hydrogen) atoms. The van der Waals surface area contributed by atoms with E-state index in [1.165, 1.54) is 10.9 Å². The van der Waals surface area contributed by atoms with Crippen molar-refractivity contribution in [2.75, 3.05) is 13.1 Å². The summed E-state index contributed by atoms with van der Waals surface area (Å²) in [6.07, 6.45) is 5.94. The quantitative estimate of drug-likeness (QED) is 0.857. The highest BCUT2D eigenvalue weighted by atomic mass is 16.6. The number of carbonyl (C=O) groups is 2. The summed E-state index contributed by atoms with van der Waals surface area (Å²) in [5, 5.41) is 2.90. The summed E-state index contributed by atoms with van der Waals surface area (Å²) in [4.78, 5) is 29.5. The number of imidazole rings is 1. The maximum absolute atomic E-state index is 12.0. The first-order chi connectivity index (χ1) is 9.85. The van der Waals surface area contributed by atoms with E-state index in [1.54, 1.807) is 17.3 Å². The molecule has 0 bridgehead atoms. The minimum absolute atomic E-state index is 0.0684. The van der Waals surface area contributed by atoms with Gasteiger partial charge in [-0.1, -0.05) is 0 Å². The molecule has 0 radical (unpaired) electrons. The number of piperidine rings is 1. The second-order valence-corrected chi connectivity index (χ2v) is 6.18. The van der Waals surface area contributed by atoms with Crippen LogP contribution in [-0.2, 0) is 4.74 Å². The molecule has 7 heteroatoms. The summed E-state index contributed by atoms with van der Waals surface area (Å²) < 4.78 is 6.74. The fraction of sp³-hybridized carbons (Fsp3) is 0.643. The lowest BCUT2D eigenvalue weighted by Gasteiger charge is -2.34. The van der Waals surface area contributed by atoms with Crippen LogP contribution < -0.4 is 5.32 Å². The Morgan fingerprint density at radius 1 is 1.38 bits per heavy atom. The van der Waals surface area contributed by atoms with Crippen molar-refractivity contribution in [2.45, 2.75) is 45.3 Å². The number of hydrogen-bond acceptors (Lipinski definition) is 4. The van der Waals surface area contributed by atoms with Gasteiger partial charge in [-0.25, -0.2) is 14.6 Å². The SMILES string of the molecule is CC(C)(C)OC(=O)N1CCC[C@@H](NC(=O)n2ccnc2)C1. The summed E-state index contributed by atoms with van der Waals surface area (Å²) in [7, 11) is 0. The molecular weight excluding hydrogens is 272 g/mol. The third-order valence-electron chi connectivity index (χ3n) is 3.14. The van der Waals surface area contributed by atoms with E-state index in [1.807, 2.05) is 20.8 Å². The van der Waals surface area contributed by atoms with Crippen LogP contribution in [0.4, 0.5) is 9.59 Å². The van der Waals surface area contributed by atoms with Gasteiger partial charge in [0.15, 0.2) is 0 Å². The van der Waals surface area contributed by atoms with Gasteiger partial charge in [0.1, 0.15) is 11.9 Å². The summed E-state index contributed by atoms with van der Waals surface area (Å²) in [5.74, 6) is 0. The highest BCUT2D eigenvalue weighted by Gasteiger charge is 2.28. The highest BCUT2D eigenvalue weighted by molar-refractivity contribution is 5.77. The second-order valence-electron chi connectivity index (χ2n) is 6.18. The first-order valence-electron chi connectivity index (χ1n) is 7.12. The number of hydrogen-bond donors (Lipinski definition) is 1. The van der Waals surface area contributed by atoms with E-state index in [9.17, 15) is 9.59 Å². The Bertz CT molecular complexity index is 493. The van der Waals surface area contributed by atoms with Gasteiger partial charge in [-0.15, -0.1) is 0 Å². The lowest BCUT2D eigenvalue weighted by Crippen LogP contribution is -2.51. The van der Waals surface area contributed by atoms with Gasteiger partial charge in [-0.05, 0) is 33.6 Å². The highest BCUT2D eigenvalue weighted by Crippen LogP contribution is 2.15. The van der Waals surface area contributed by atoms with E-state index in [4.69, 9.17) is 4.74 Å². The predicted molar refractivity (Wildman–Crippen MR) is 77.0 cm³/mol. The average Bonchev–Trinajstić information content (AvgIpc) is 2.91. The Hall–Kier alpha value is -2.05. The number of nitrogens with one attached hydrogen (secondary N) is 1. The van der Waals surface area contributed by atoms with E-state index < -0.39 is 5.60 Å². The van der Waals surface area contributed by atoms with Gasteiger partial charge in [0.25, 0.3) is 0 Å². The lowest BCUT2D eigenvalue weighted by atomic mass is 10.1. The average molecular weight is 294 g/mol. The van der Waals surface area contributed by atoms with Gasteiger partial charge < -0.3 is 15.0 Å². The molecule has 2 amide bonds. The molecule has 1 N–H and O–H groups in total. The van der Waals surface area contributed by atoms with Gasteiger partial charge in [-0.2, -0.15) is 0 Å². The molecule has 0 spiro atoms. The van der Waals surface area contributed by atoms with Crippen molar-refractivity contribution in [3.05, 3.63) is 18.7 Å². The van der Waals surface area contributed by atoms with Gasteiger partial charge in [0, 0.05) is 31.5 Å². The van der Waals surface area contributed by atoms with E-state index >= 15 is 0 Å². The summed E-state index contributed by atoms with van der Waals surface area (Å²) >= 11 is 0. The first kappa shape index (κ1) is 15.3. The van der Waals surface area contributed by atoms with Crippen molar-refractivity contribution >= 4 is 12.1 Å². The Kier molecular flexibility index (Phi) is 4.50. The third-order valence-corrected chi connectivity index (χ3v) is 3.14. The molecule has 1 aliphatic rings. The van der Waals surface area contributed by atoms with Crippen LogP contribution in [0.25, 0.3) is 0 Å². The number of likely N-dealkylation sites (tertiary alicyclic amines) is 1. The topological polar surface area (TPSA) is 76.5 Å². The van der Waals surface area contributed by atoms with Crippen molar-refractivity contribution in [1.82, 2.24) is 19.8 Å². The minimum atomic E-state index is -0.510. The van der Waals surface area contributed by atoms with Gasteiger partial charge >= 0.3 is 12.1 Å². The molecule has 0 aliphatic carbocycles. The van der Waals surface area contributed by atoms with Gasteiger partial charge in [-0.3, -0.25) is 4.57 Å². The van der Waals surface area contributed by atoms with Crippen LogP contribution in [-0.4, -0.2) is 51.3 Å². The Morgan fingerprint density at radius 2 is 2.14 bits per heavy atom. The Morgan fingerprint density at radius 3 is 2.76 bits per heavy atom. The van der Waals surface area contributed by atoms with Crippen LogP contribution in [0.3, 0.4) is 0 Å². The number of nitrogens with zero attached hydrogens (tertiary/aromatic N) is 3. The molecule has 1 aliphatic heterocycles. The Labute approximate surface area is 124 Å². The van der Waals surface area contributed by atoms with Crippen molar-refractivity contribution in [3.63, 3.8) is 0 Å². The normalized spacial score (nSPS) is 19.2. The zero-order valence-corrected chi connectivity index (χ0v) is 12.7. The van der Waals surface area contributed by atoms with Crippen LogP contribution in [0, 0.1) is 0 Å². The molecule has 0 saturated carbocycles. The van der Waals surface area contributed by atoms with Crippen LogP contribution in [0.2, 0.25) is 0 Å². The fourth-order valence-corrected chi connectivity index (χ4v) is 2.22. The van der Waals surface area contributed by atoms with E-state index in [-0.39, 0.29) is 18.2 Å². The molecule has 1 aromatic rings. The van der Waals surface area contributed by atoms with Crippen LogP contribution in [0.1, 0.15) is 33.6 Å². The maximum Gasteiger partial charge on any atom is 0.410 e. The van der Waals surface area contributed by atoms with Crippen LogP contribution in [0.5, 0.6) is 0 Å². The third kappa shape index (κ3) is 4.47. The van der Waals surface area contributed by atoms with Gasteiger partial charge in [0.05, 0.1) is 0 Å². The lowest BCUT2D eigenvalue weighted by molar-refractivity contribution is 0.0191. The molecule has 2 rings (SSSR count). The number of rotatable bonds is 1. The van der Waals surface area contributed by atoms with E-state index in [0.717, 1.165) is 12.8 Å². The minimum Gasteiger partial charge on any atom is -0.444 e. The molecular formula is C14H22N4O3. The number of aromatic nitrogens is 2. The molecule has 1 atom stereocenters. The standard InChI is InChI=1S/C14H22N4O3/c1-14(2,3)21-13(20)17-7-4-5-11(9-17)16-12(19)18-8-6-15-10-18/h6,8,10-11H,4-5,7,9H2,1-3H3,(H,16,19)/t11-/m1/s1. The monoisotopic (exact) mass is 294 g/mol. The zero-order valence-electron chi connectivity index (χ0n) is 12.7. The molecule has 116 valence electrons. The molecule has 1 fully saturated rings. The molecule has 2 heterocycles. The largest absolute Gasteiger partial charge is 0.444 e. The summed E-state index contributed by atoms with van der Waals surface area (Å²) in [6.45, 7) is 6.65. The zero-order chi connectivity index (χ0) is 15.5. The molecule has 7 nitrogen and oxygen atoms in total. The maximum atomic E-state index is 12.0. The molecule has 1 aromatic heterocycles. The van der Waals surface area contributed by atoms with E-state index in [0.29, 0.717) is 13.1 Å². The molecule has 1 saturated heterocycles. The number of carbonyl (C=O) groups excluding carboxylic acids is 2. The van der Waals surface area contributed by atoms with Crippen molar-refractivity contribution in [3.8, 4) is 0 Å².